The maximum Gasteiger partial charge on any atom is 0.289 e. The molecule has 3 rings (SSSR count). The van der Waals surface area contributed by atoms with Gasteiger partial charge in [-0.05, 0) is 36.5 Å². The Balaban J connectivity index is 1.77. The predicted octanol–water partition coefficient (Wildman–Crippen LogP) is 2.30. The van der Waals surface area contributed by atoms with E-state index in [1.807, 2.05) is 0 Å². The van der Waals surface area contributed by atoms with E-state index in [0.29, 0.717) is 24.3 Å². The highest BCUT2D eigenvalue weighted by molar-refractivity contribution is 7.99. The number of rotatable bonds is 6. The summed E-state index contributed by atoms with van der Waals surface area (Å²) < 4.78 is 55.7. The molecule has 1 saturated heterocycles. The molecule has 0 aromatic heterocycles. The van der Waals surface area contributed by atoms with Crippen LogP contribution < -0.4 is 5.32 Å². The standard InChI is InChI=1S/C22H29N5O8S3/c28-26(29)19-7-1-3-9-21(19)37(32,33)24-13-5-17-36-18-6-14-25(16-12-23-11-15-24)38(34,35)22-10-4-2-8-20(22)27(30)31/h1-4,7-10,23H,5-6,11-18H2. The number of nitrogens with one attached hydrogen (secondary N) is 1. The summed E-state index contributed by atoms with van der Waals surface area (Å²) in [7, 11) is -8.31. The van der Waals surface area contributed by atoms with Crippen molar-refractivity contribution in [3.05, 3.63) is 68.8 Å². The third kappa shape index (κ3) is 7.27. The molecule has 0 bridgehead atoms. The van der Waals surface area contributed by atoms with E-state index >= 15 is 0 Å². The Labute approximate surface area is 225 Å². The largest absolute Gasteiger partial charge is 0.314 e. The summed E-state index contributed by atoms with van der Waals surface area (Å²) in [6.45, 7) is 0.757. The minimum Gasteiger partial charge on any atom is -0.314 e. The molecule has 1 heterocycles. The van der Waals surface area contributed by atoms with E-state index in [-0.39, 0.29) is 49.1 Å². The highest BCUT2D eigenvalue weighted by atomic mass is 32.2. The quantitative estimate of drug-likeness (QED) is 0.390. The molecule has 38 heavy (non-hydrogen) atoms. The highest BCUT2D eigenvalue weighted by Gasteiger charge is 2.32. The minimum absolute atomic E-state index is 0.0238. The van der Waals surface area contributed by atoms with Crippen LogP contribution in [0.25, 0.3) is 0 Å². The van der Waals surface area contributed by atoms with Crippen LogP contribution in [0.4, 0.5) is 11.4 Å². The average molecular weight is 588 g/mol. The van der Waals surface area contributed by atoms with Gasteiger partial charge in [0, 0.05) is 51.4 Å². The molecule has 1 N–H and O–H groups in total. The van der Waals surface area contributed by atoms with Gasteiger partial charge in [0.2, 0.25) is 20.0 Å². The molecule has 208 valence electrons. The van der Waals surface area contributed by atoms with Crippen LogP contribution >= 0.6 is 11.8 Å². The second kappa shape index (κ2) is 13.4. The van der Waals surface area contributed by atoms with Crippen molar-refractivity contribution in [1.29, 1.82) is 0 Å². The zero-order valence-corrected chi connectivity index (χ0v) is 22.9. The molecule has 0 spiro atoms. The Morgan fingerprint density at radius 3 is 1.47 bits per heavy atom. The van der Waals surface area contributed by atoms with Gasteiger partial charge in [-0.15, -0.1) is 0 Å². The first-order valence-electron chi connectivity index (χ1n) is 11.8. The van der Waals surface area contributed by atoms with E-state index in [4.69, 9.17) is 0 Å². The first kappa shape index (κ1) is 29.9. The van der Waals surface area contributed by atoms with Crippen LogP contribution in [0, 0.1) is 20.2 Å². The van der Waals surface area contributed by atoms with Crippen molar-refractivity contribution in [2.24, 2.45) is 0 Å². The minimum atomic E-state index is -4.15. The summed E-state index contributed by atoms with van der Waals surface area (Å²) in [6, 6.07) is 10.4. The topological polar surface area (TPSA) is 173 Å². The number of hydrogen-bond acceptors (Lipinski definition) is 10. The summed E-state index contributed by atoms with van der Waals surface area (Å²) in [5, 5.41) is 25.9. The normalized spacial score (nSPS) is 17.9. The molecule has 1 aliphatic heterocycles. The lowest BCUT2D eigenvalue weighted by atomic mass is 10.3. The number of nitrogens with zero attached hydrogens (tertiary/aromatic N) is 4. The molecule has 0 aliphatic carbocycles. The van der Waals surface area contributed by atoms with Crippen molar-refractivity contribution in [3.63, 3.8) is 0 Å². The Morgan fingerprint density at radius 2 is 1.08 bits per heavy atom. The van der Waals surface area contributed by atoms with Crippen molar-refractivity contribution in [2.45, 2.75) is 22.6 Å². The van der Waals surface area contributed by atoms with E-state index < -0.39 is 41.3 Å². The van der Waals surface area contributed by atoms with Crippen LogP contribution in [0.2, 0.25) is 0 Å². The zero-order valence-electron chi connectivity index (χ0n) is 20.5. The molecule has 2 aromatic carbocycles. The maximum absolute atomic E-state index is 13.3. The fraction of sp³-hybridized carbons (Fsp3) is 0.455. The zero-order chi connectivity index (χ0) is 27.8. The second-order valence-corrected chi connectivity index (χ2v) is 13.4. The molecule has 0 amide bonds. The van der Waals surface area contributed by atoms with Gasteiger partial charge >= 0.3 is 0 Å². The predicted molar refractivity (Wildman–Crippen MR) is 143 cm³/mol. The van der Waals surface area contributed by atoms with E-state index in [0.717, 1.165) is 12.1 Å². The maximum atomic E-state index is 13.3. The molecular formula is C22H29N5O8S3. The molecule has 2 aromatic rings. The fourth-order valence-corrected chi connectivity index (χ4v) is 8.10. The lowest BCUT2D eigenvalue weighted by molar-refractivity contribution is -0.388. The summed E-state index contributed by atoms with van der Waals surface area (Å²) in [5.74, 6) is 1.21. The first-order chi connectivity index (χ1) is 18.1. The monoisotopic (exact) mass is 587 g/mol. The van der Waals surface area contributed by atoms with Gasteiger partial charge in [0.05, 0.1) is 9.85 Å². The van der Waals surface area contributed by atoms with Crippen molar-refractivity contribution in [1.82, 2.24) is 13.9 Å². The lowest BCUT2D eigenvalue weighted by Gasteiger charge is -2.25. The fourth-order valence-electron chi connectivity index (χ4n) is 3.96. The van der Waals surface area contributed by atoms with Crippen LogP contribution in [0.3, 0.4) is 0 Å². The Bertz CT molecular complexity index is 1250. The van der Waals surface area contributed by atoms with Crippen molar-refractivity contribution < 1.29 is 26.7 Å². The molecular weight excluding hydrogens is 558 g/mol. The molecule has 0 atom stereocenters. The summed E-state index contributed by atoms with van der Waals surface area (Å²) in [5.41, 5.74) is -0.991. The number of thioether (sulfide) groups is 1. The van der Waals surface area contributed by atoms with Gasteiger partial charge < -0.3 is 5.32 Å². The van der Waals surface area contributed by atoms with Crippen molar-refractivity contribution >= 4 is 43.2 Å². The molecule has 1 fully saturated rings. The van der Waals surface area contributed by atoms with Crippen molar-refractivity contribution in [3.8, 4) is 0 Å². The molecule has 1 aliphatic rings. The van der Waals surface area contributed by atoms with E-state index in [9.17, 15) is 37.1 Å². The third-order valence-electron chi connectivity index (χ3n) is 5.83. The molecule has 0 radical (unpaired) electrons. The Kier molecular flexibility index (Phi) is 10.6. The Morgan fingerprint density at radius 1 is 0.684 bits per heavy atom. The summed E-state index contributed by atoms with van der Waals surface area (Å²) >= 11 is 1.54. The first-order valence-corrected chi connectivity index (χ1v) is 15.9. The van der Waals surface area contributed by atoms with Crippen LogP contribution in [-0.2, 0) is 20.0 Å². The number of benzene rings is 2. The van der Waals surface area contributed by atoms with Gasteiger partial charge in [0.15, 0.2) is 9.79 Å². The van der Waals surface area contributed by atoms with Gasteiger partial charge in [-0.3, -0.25) is 20.2 Å². The SMILES string of the molecule is O=[N+]([O-])c1ccccc1S(=O)(=O)N1CCCSCCCN(S(=O)(=O)c2ccccc2[N+](=O)[O-])CCNCC1. The molecule has 0 unspecified atom stereocenters. The molecule has 16 heteroatoms. The van der Waals surface area contributed by atoms with Gasteiger partial charge in [0.25, 0.3) is 11.4 Å². The average Bonchev–Trinajstić information content (AvgIpc) is 2.89. The smallest absolute Gasteiger partial charge is 0.289 e. The number of sulfonamides is 2. The number of hydrogen-bond donors (Lipinski definition) is 1. The van der Waals surface area contributed by atoms with Gasteiger partial charge in [0.1, 0.15) is 0 Å². The van der Waals surface area contributed by atoms with Crippen LogP contribution in [0.1, 0.15) is 12.8 Å². The lowest BCUT2D eigenvalue weighted by Crippen LogP contribution is -2.41. The summed E-state index contributed by atoms with van der Waals surface area (Å²) in [4.78, 5) is 20.6. The van der Waals surface area contributed by atoms with Crippen molar-refractivity contribution in [2.75, 3.05) is 50.8 Å². The Hall–Kier alpha value is -2.63. The second-order valence-electron chi connectivity index (χ2n) is 8.33. The third-order valence-corrected chi connectivity index (χ3v) is 10.9. The van der Waals surface area contributed by atoms with Gasteiger partial charge in [-0.1, -0.05) is 24.3 Å². The van der Waals surface area contributed by atoms with E-state index in [1.54, 1.807) is 0 Å². The molecule has 0 saturated carbocycles. The number of para-hydroxylation sites is 2. The van der Waals surface area contributed by atoms with Crippen LogP contribution in [0.15, 0.2) is 58.3 Å². The van der Waals surface area contributed by atoms with E-state index in [1.165, 1.54) is 56.8 Å². The van der Waals surface area contributed by atoms with Gasteiger partial charge in [-0.25, -0.2) is 16.8 Å². The molecule has 13 nitrogen and oxygen atoms in total. The van der Waals surface area contributed by atoms with Gasteiger partial charge in [-0.2, -0.15) is 20.4 Å². The van der Waals surface area contributed by atoms with Crippen LogP contribution in [-0.4, -0.2) is 86.1 Å². The highest BCUT2D eigenvalue weighted by Crippen LogP contribution is 2.28. The van der Waals surface area contributed by atoms with E-state index in [2.05, 4.69) is 5.32 Å². The number of nitro benzene ring substituents is 2. The van der Waals surface area contributed by atoms with Crippen LogP contribution in [0.5, 0.6) is 0 Å². The summed E-state index contributed by atoms with van der Waals surface area (Å²) in [6.07, 6.45) is 1.01. The number of nitro groups is 2.